The summed E-state index contributed by atoms with van der Waals surface area (Å²) in [6.07, 6.45) is 2.06. The highest BCUT2D eigenvalue weighted by Crippen LogP contribution is 2.09. The van der Waals surface area contributed by atoms with Gasteiger partial charge in [-0.2, -0.15) is 0 Å². The van der Waals surface area contributed by atoms with Gasteiger partial charge in [0.15, 0.2) is 5.17 Å². The van der Waals surface area contributed by atoms with Crippen LogP contribution in [-0.4, -0.2) is 36.5 Å². The molecular formula is C9H20N2S. The van der Waals surface area contributed by atoms with E-state index >= 15 is 0 Å². The van der Waals surface area contributed by atoms with Crippen LogP contribution in [0.4, 0.5) is 0 Å². The normalized spacial score (nSPS) is 15.1. The van der Waals surface area contributed by atoms with Crippen molar-refractivity contribution in [3.8, 4) is 0 Å². The maximum Gasteiger partial charge on any atom is 0.158 e. The predicted octanol–water partition coefficient (Wildman–Crippen LogP) is 2.31. The van der Waals surface area contributed by atoms with Crippen molar-refractivity contribution in [1.82, 2.24) is 4.90 Å². The summed E-state index contributed by atoms with van der Waals surface area (Å²) in [5.74, 6) is 0.618. The molecule has 0 aromatic rings. The van der Waals surface area contributed by atoms with E-state index in [2.05, 4.69) is 36.9 Å². The zero-order valence-electron chi connectivity index (χ0n) is 8.96. The molecule has 0 N–H and O–H groups in total. The second kappa shape index (κ2) is 5.46. The van der Waals surface area contributed by atoms with Crippen molar-refractivity contribution < 1.29 is 0 Å². The van der Waals surface area contributed by atoms with Gasteiger partial charge in [0, 0.05) is 14.1 Å². The first-order chi connectivity index (χ1) is 5.49. The smallest absolute Gasteiger partial charge is 0.158 e. The molecule has 72 valence electrons. The largest absolute Gasteiger partial charge is 0.358 e. The van der Waals surface area contributed by atoms with E-state index in [-0.39, 0.29) is 0 Å². The van der Waals surface area contributed by atoms with Gasteiger partial charge >= 0.3 is 0 Å². The minimum absolute atomic E-state index is 0.412. The van der Waals surface area contributed by atoms with Crippen LogP contribution in [0.15, 0.2) is 4.99 Å². The van der Waals surface area contributed by atoms with E-state index in [4.69, 9.17) is 0 Å². The van der Waals surface area contributed by atoms with Crippen LogP contribution >= 0.6 is 11.8 Å². The molecular weight excluding hydrogens is 168 g/mol. The number of aliphatic imine (C=N–C) groups is 1. The fraction of sp³-hybridized carbons (Fsp3) is 0.889. The van der Waals surface area contributed by atoms with Crippen molar-refractivity contribution in [3.05, 3.63) is 0 Å². The monoisotopic (exact) mass is 188 g/mol. The van der Waals surface area contributed by atoms with E-state index in [0.717, 1.165) is 5.17 Å². The van der Waals surface area contributed by atoms with Crippen LogP contribution in [-0.2, 0) is 0 Å². The molecule has 0 bridgehead atoms. The summed E-state index contributed by atoms with van der Waals surface area (Å²) < 4.78 is 0. The van der Waals surface area contributed by atoms with Gasteiger partial charge in [-0.15, -0.1) is 0 Å². The van der Waals surface area contributed by atoms with Gasteiger partial charge in [-0.1, -0.05) is 25.6 Å². The van der Waals surface area contributed by atoms with Gasteiger partial charge in [0.05, 0.1) is 6.04 Å². The molecule has 1 atom stereocenters. The highest BCUT2D eigenvalue weighted by molar-refractivity contribution is 8.13. The van der Waals surface area contributed by atoms with Crippen LogP contribution in [0.5, 0.6) is 0 Å². The molecule has 0 aliphatic heterocycles. The number of rotatable bonds is 2. The van der Waals surface area contributed by atoms with Gasteiger partial charge < -0.3 is 4.90 Å². The van der Waals surface area contributed by atoms with Gasteiger partial charge in [0.1, 0.15) is 0 Å². The lowest BCUT2D eigenvalue weighted by Crippen LogP contribution is -2.21. The molecule has 0 aromatic heterocycles. The molecule has 0 aliphatic rings. The van der Waals surface area contributed by atoms with E-state index in [9.17, 15) is 0 Å². The summed E-state index contributed by atoms with van der Waals surface area (Å²) in [4.78, 5) is 6.66. The highest BCUT2D eigenvalue weighted by atomic mass is 32.2. The molecule has 0 saturated carbocycles. The van der Waals surface area contributed by atoms with Crippen LogP contribution in [0.1, 0.15) is 20.8 Å². The Labute approximate surface area is 80.4 Å². The standard InChI is InChI=1S/C9H20N2S/c1-7(2)8(3)10-9(12-6)11(4)5/h7-8H,1-6H3/t8-/m0/s1. The molecule has 0 saturated heterocycles. The van der Waals surface area contributed by atoms with E-state index < -0.39 is 0 Å². The molecule has 0 unspecified atom stereocenters. The third-order valence-electron chi connectivity index (χ3n) is 1.84. The van der Waals surface area contributed by atoms with Crippen molar-refractivity contribution in [2.75, 3.05) is 20.4 Å². The van der Waals surface area contributed by atoms with Crippen molar-refractivity contribution in [2.24, 2.45) is 10.9 Å². The van der Waals surface area contributed by atoms with Crippen molar-refractivity contribution in [2.45, 2.75) is 26.8 Å². The second-order valence-electron chi connectivity index (χ2n) is 3.49. The quantitative estimate of drug-likeness (QED) is 0.488. The average molecular weight is 188 g/mol. The summed E-state index contributed by atoms with van der Waals surface area (Å²) in [6.45, 7) is 6.55. The lowest BCUT2D eigenvalue weighted by molar-refractivity contribution is 0.520. The van der Waals surface area contributed by atoms with Crippen LogP contribution in [0, 0.1) is 5.92 Å². The van der Waals surface area contributed by atoms with Crippen molar-refractivity contribution in [1.29, 1.82) is 0 Å². The summed E-state index contributed by atoms with van der Waals surface area (Å²) in [7, 11) is 4.06. The Morgan fingerprint density at radius 1 is 1.25 bits per heavy atom. The molecule has 0 heterocycles. The SMILES string of the molecule is CSC(=N[C@@H](C)C(C)C)N(C)C. The van der Waals surface area contributed by atoms with Gasteiger partial charge in [0.25, 0.3) is 0 Å². The lowest BCUT2D eigenvalue weighted by Gasteiger charge is -2.17. The number of nitrogens with zero attached hydrogens (tertiary/aromatic N) is 2. The van der Waals surface area contributed by atoms with Crippen molar-refractivity contribution in [3.63, 3.8) is 0 Å². The first-order valence-electron chi connectivity index (χ1n) is 4.28. The summed E-state index contributed by atoms with van der Waals surface area (Å²) in [5.41, 5.74) is 0. The highest BCUT2D eigenvalue weighted by Gasteiger charge is 2.07. The maximum atomic E-state index is 4.60. The molecule has 0 amide bonds. The Hall–Kier alpha value is -0.180. The third-order valence-corrected chi connectivity index (χ3v) is 2.68. The molecule has 2 nitrogen and oxygen atoms in total. The third kappa shape index (κ3) is 4.00. The lowest BCUT2D eigenvalue weighted by atomic mass is 10.1. The average Bonchev–Trinajstić information content (AvgIpc) is 1.98. The van der Waals surface area contributed by atoms with E-state index in [1.165, 1.54) is 0 Å². The Bertz CT molecular complexity index is 153. The minimum atomic E-state index is 0.412. The number of hydrogen-bond donors (Lipinski definition) is 0. The van der Waals surface area contributed by atoms with E-state index in [1.807, 2.05) is 14.1 Å². The Morgan fingerprint density at radius 2 is 1.75 bits per heavy atom. The Kier molecular flexibility index (Phi) is 5.38. The van der Waals surface area contributed by atoms with E-state index in [0.29, 0.717) is 12.0 Å². The zero-order valence-corrected chi connectivity index (χ0v) is 9.77. The first kappa shape index (κ1) is 11.8. The maximum absolute atomic E-state index is 4.60. The van der Waals surface area contributed by atoms with Gasteiger partial charge in [-0.05, 0) is 19.1 Å². The Morgan fingerprint density at radius 3 is 2.00 bits per heavy atom. The topological polar surface area (TPSA) is 15.6 Å². The number of hydrogen-bond acceptors (Lipinski definition) is 2. The summed E-state index contributed by atoms with van der Waals surface area (Å²) >= 11 is 1.70. The number of thioether (sulfide) groups is 1. The molecule has 12 heavy (non-hydrogen) atoms. The fourth-order valence-corrected chi connectivity index (χ4v) is 1.31. The first-order valence-corrected chi connectivity index (χ1v) is 5.50. The van der Waals surface area contributed by atoms with Crippen LogP contribution < -0.4 is 0 Å². The molecule has 0 spiro atoms. The van der Waals surface area contributed by atoms with Gasteiger partial charge in [0.2, 0.25) is 0 Å². The molecule has 0 radical (unpaired) electrons. The van der Waals surface area contributed by atoms with Gasteiger partial charge in [-0.25, -0.2) is 0 Å². The van der Waals surface area contributed by atoms with E-state index in [1.54, 1.807) is 11.8 Å². The molecule has 0 rings (SSSR count). The molecule has 3 heteroatoms. The zero-order chi connectivity index (χ0) is 9.72. The van der Waals surface area contributed by atoms with Gasteiger partial charge in [-0.3, -0.25) is 4.99 Å². The second-order valence-corrected chi connectivity index (χ2v) is 4.27. The number of amidine groups is 1. The van der Waals surface area contributed by atoms with Crippen molar-refractivity contribution >= 4 is 16.9 Å². The summed E-state index contributed by atoms with van der Waals surface area (Å²) in [6, 6.07) is 0.412. The van der Waals surface area contributed by atoms with Crippen LogP contribution in [0.25, 0.3) is 0 Å². The predicted molar refractivity (Wildman–Crippen MR) is 58.9 cm³/mol. The fourth-order valence-electron chi connectivity index (χ4n) is 0.674. The molecule has 0 aliphatic carbocycles. The van der Waals surface area contributed by atoms with Crippen LogP contribution in [0.3, 0.4) is 0 Å². The molecule has 0 fully saturated rings. The van der Waals surface area contributed by atoms with Crippen LogP contribution in [0.2, 0.25) is 0 Å². The molecule has 0 aromatic carbocycles. The summed E-state index contributed by atoms with van der Waals surface area (Å²) in [5, 5.41) is 1.11. The Balaban J connectivity index is 4.27. The minimum Gasteiger partial charge on any atom is -0.358 e.